The molecule has 1 aliphatic heterocycles. The van der Waals surface area contributed by atoms with Gasteiger partial charge in [0.2, 0.25) is 0 Å². The van der Waals surface area contributed by atoms with E-state index in [1.54, 1.807) is 6.20 Å². The Morgan fingerprint density at radius 2 is 1.78 bits per heavy atom. The Bertz CT molecular complexity index is 1510. The lowest BCUT2D eigenvalue weighted by atomic mass is 9.96. The highest BCUT2D eigenvalue weighted by molar-refractivity contribution is 5.97. The third-order valence-corrected chi connectivity index (χ3v) is 7.25. The van der Waals surface area contributed by atoms with Crippen LogP contribution in [0.5, 0.6) is 0 Å². The highest BCUT2D eigenvalue weighted by Gasteiger charge is 2.23. The molecule has 1 saturated heterocycles. The predicted octanol–water partition coefficient (Wildman–Crippen LogP) is 5.45. The average Bonchev–Trinajstić information content (AvgIpc) is 3.34. The monoisotopic (exact) mass is 489 g/mol. The van der Waals surface area contributed by atoms with Gasteiger partial charge < -0.3 is 11.1 Å². The molecule has 4 N–H and O–H groups in total. The molecule has 1 fully saturated rings. The molecular formula is C30H31N7. The van der Waals surface area contributed by atoms with Crippen LogP contribution in [0.15, 0.2) is 72.9 Å². The smallest absolute Gasteiger partial charge is 0.200 e. The summed E-state index contributed by atoms with van der Waals surface area (Å²) in [5.74, 6) is 1.92. The van der Waals surface area contributed by atoms with Crippen molar-refractivity contribution >= 4 is 10.9 Å². The number of H-pyrrole nitrogens is 1. The Balaban J connectivity index is 1.47. The predicted molar refractivity (Wildman–Crippen MR) is 148 cm³/mol. The Morgan fingerprint density at radius 3 is 2.59 bits per heavy atom. The Kier molecular flexibility index (Phi) is 6.47. The minimum atomic E-state index is 0.363. The summed E-state index contributed by atoms with van der Waals surface area (Å²) in [5, 5.41) is 12.3. The zero-order valence-electron chi connectivity index (χ0n) is 21.0. The van der Waals surface area contributed by atoms with Gasteiger partial charge in [0.05, 0.1) is 11.2 Å². The number of aromatic nitrogens is 5. The van der Waals surface area contributed by atoms with Crippen LogP contribution in [-0.4, -0.2) is 37.7 Å². The van der Waals surface area contributed by atoms with Gasteiger partial charge in [-0.25, -0.2) is 9.97 Å². The quantitative estimate of drug-likeness (QED) is 0.303. The second-order valence-corrected chi connectivity index (χ2v) is 9.85. The minimum absolute atomic E-state index is 0.363. The van der Waals surface area contributed by atoms with Crippen molar-refractivity contribution in [1.82, 2.24) is 30.5 Å². The highest BCUT2D eigenvalue weighted by Crippen LogP contribution is 2.36. The van der Waals surface area contributed by atoms with Crippen molar-refractivity contribution in [3.05, 3.63) is 84.3 Å². The van der Waals surface area contributed by atoms with E-state index in [2.05, 4.69) is 77.0 Å². The molecule has 186 valence electrons. The summed E-state index contributed by atoms with van der Waals surface area (Å²) in [6.45, 7) is 3.80. The third kappa shape index (κ3) is 4.75. The van der Waals surface area contributed by atoms with Crippen LogP contribution in [0, 0.1) is 0 Å². The maximum atomic E-state index is 5.83. The number of nitrogens with zero attached hydrogens (tertiary/aromatic N) is 4. The van der Waals surface area contributed by atoms with Crippen molar-refractivity contribution in [2.45, 2.75) is 44.7 Å². The second-order valence-electron chi connectivity index (χ2n) is 9.85. The second kappa shape index (κ2) is 10.2. The fraction of sp³-hybridized carbons (Fsp3) is 0.267. The summed E-state index contributed by atoms with van der Waals surface area (Å²) >= 11 is 0. The van der Waals surface area contributed by atoms with Gasteiger partial charge in [-0.2, -0.15) is 5.10 Å². The number of aromatic amines is 1. The van der Waals surface area contributed by atoms with Crippen molar-refractivity contribution in [1.29, 1.82) is 0 Å². The summed E-state index contributed by atoms with van der Waals surface area (Å²) in [4.78, 5) is 14.8. The molecule has 2 atom stereocenters. The number of nitrogens with two attached hydrogens (primary N) is 1. The summed E-state index contributed by atoms with van der Waals surface area (Å²) in [5.41, 5.74) is 12.6. The molecule has 4 heterocycles. The van der Waals surface area contributed by atoms with Crippen LogP contribution in [0.25, 0.3) is 44.8 Å². The molecule has 2 aromatic carbocycles. The van der Waals surface area contributed by atoms with Gasteiger partial charge >= 0.3 is 0 Å². The molecule has 0 aliphatic carbocycles. The number of nitrogens with one attached hydrogen (secondary N) is 2. The van der Waals surface area contributed by atoms with Crippen LogP contribution in [0.3, 0.4) is 0 Å². The zero-order chi connectivity index (χ0) is 25.2. The third-order valence-electron chi connectivity index (χ3n) is 7.25. The van der Waals surface area contributed by atoms with Gasteiger partial charge in [-0.3, -0.25) is 10.1 Å². The first kappa shape index (κ1) is 23.5. The highest BCUT2D eigenvalue weighted by atomic mass is 15.2. The molecule has 2 unspecified atom stereocenters. The number of rotatable bonds is 5. The molecule has 7 heteroatoms. The lowest BCUT2D eigenvalue weighted by Crippen LogP contribution is -2.25. The number of benzene rings is 2. The maximum absolute atomic E-state index is 5.83. The molecule has 0 bridgehead atoms. The molecular weight excluding hydrogens is 458 g/mol. The molecule has 7 nitrogen and oxygen atoms in total. The van der Waals surface area contributed by atoms with Gasteiger partial charge in [0.1, 0.15) is 11.5 Å². The first-order valence-electron chi connectivity index (χ1n) is 13.0. The molecule has 3 aromatic heterocycles. The van der Waals surface area contributed by atoms with E-state index in [4.69, 9.17) is 20.7 Å². The summed E-state index contributed by atoms with van der Waals surface area (Å²) in [6.07, 6.45) is 5.07. The van der Waals surface area contributed by atoms with E-state index in [1.165, 1.54) is 0 Å². The fourth-order valence-electron chi connectivity index (χ4n) is 5.27. The average molecular weight is 490 g/mol. The van der Waals surface area contributed by atoms with E-state index in [9.17, 15) is 0 Å². The number of pyridine rings is 2. The van der Waals surface area contributed by atoms with Crippen LogP contribution in [0.2, 0.25) is 0 Å². The van der Waals surface area contributed by atoms with Crippen molar-refractivity contribution in [2.24, 2.45) is 5.73 Å². The van der Waals surface area contributed by atoms with Crippen molar-refractivity contribution < 1.29 is 0 Å². The maximum Gasteiger partial charge on any atom is 0.200 e. The van der Waals surface area contributed by atoms with Crippen LogP contribution in [0.4, 0.5) is 0 Å². The number of hydrogen-bond acceptors (Lipinski definition) is 6. The number of hydrogen-bond donors (Lipinski definition) is 3. The van der Waals surface area contributed by atoms with E-state index >= 15 is 0 Å². The molecule has 0 saturated carbocycles. The van der Waals surface area contributed by atoms with E-state index in [-0.39, 0.29) is 0 Å². The Morgan fingerprint density at radius 1 is 0.946 bits per heavy atom. The van der Waals surface area contributed by atoms with Crippen LogP contribution >= 0.6 is 0 Å². The van der Waals surface area contributed by atoms with Crippen molar-refractivity contribution in [2.75, 3.05) is 6.54 Å². The van der Waals surface area contributed by atoms with Crippen molar-refractivity contribution in [3.8, 4) is 33.9 Å². The molecule has 5 aromatic rings. The molecule has 0 amide bonds. The molecule has 37 heavy (non-hydrogen) atoms. The lowest BCUT2D eigenvalue weighted by molar-refractivity contribution is 0.502. The van der Waals surface area contributed by atoms with E-state index in [0.717, 1.165) is 76.2 Å². The van der Waals surface area contributed by atoms with Crippen molar-refractivity contribution in [3.63, 3.8) is 0 Å². The van der Waals surface area contributed by atoms with Gasteiger partial charge in [0.25, 0.3) is 0 Å². The minimum Gasteiger partial charge on any atom is -0.326 e. The normalized spacial score (nSPS) is 18.1. The summed E-state index contributed by atoms with van der Waals surface area (Å²) < 4.78 is 0. The fourth-order valence-corrected chi connectivity index (χ4v) is 5.27. The van der Waals surface area contributed by atoms with Crippen LogP contribution < -0.4 is 11.1 Å². The van der Waals surface area contributed by atoms with Crippen LogP contribution in [0.1, 0.15) is 43.5 Å². The topological polar surface area (TPSA) is 105 Å². The standard InChI is InChI=1S/C30H31N7/c1-19-16-23(8-5-14-32-19)29-35-30(37-36-29)28-25-17-24(21-6-3-2-4-7-21)27(34-26(25)13-15-33-28)22-11-9-20(18-31)10-12-22/h2-4,6-7,9-13,15,17,19,23,32H,5,8,14,16,18,31H2,1H3,(H,35,36,37). The Hall–Kier alpha value is -3.94. The molecule has 6 rings (SSSR count). The molecule has 1 aliphatic rings. The largest absolute Gasteiger partial charge is 0.326 e. The van der Waals surface area contributed by atoms with Gasteiger partial charge in [-0.05, 0) is 56.0 Å². The van der Waals surface area contributed by atoms with Crippen LogP contribution in [-0.2, 0) is 6.54 Å². The van der Waals surface area contributed by atoms with E-state index in [0.29, 0.717) is 24.3 Å². The first-order chi connectivity index (χ1) is 18.2. The number of fused-ring (bicyclic) bond motifs is 1. The summed E-state index contributed by atoms with van der Waals surface area (Å²) in [6, 6.07) is 23.3. The van der Waals surface area contributed by atoms with Gasteiger partial charge in [-0.1, -0.05) is 54.6 Å². The summed E-state index contributed by atoms with van der Waals surface area (Å²) in [7, 11) is 0. The molecule has 0 spiro atoms. The lowest BCUT2D eigenvalue weighted by Gasteiger charge is -2.14. The van der Waals surface area contributed by atoms with Gasteiger partial charge in [-0.15, -0.1) is 0 Å². The van der Waals surface area contributed by atoms with Gasteiger partial charge in [0.15, 0.2) is 5.82 Å². The first-order valence-corrected chi connectivity index (χ1v) is 13.0. The Labute approximate surface area is 216 Å². The van der Waals surface area contributed by atoms with Gasteiger partial charge in [0, 0.05) is 41.2 Å². The zero-order valence-corrected chi connectivity index (χ0v) is 21.0. The molecule has 0 radical (unpaired) electrons. The SMILES string of the molecule is CC1CC(c2nc(-c3nccc4nc(-c5ccc(CN)cc5)c(-c5ccccc5)cc34)n[nH]2)CCCN1. The van der Waals surface area contributed by atoms with E-state index in [1.807, 2.05) is 12.1 Å². The van der Waals surface area contributed by atoms with E-state index < -0.39 is 0 Å².